The third kappa shape index (κ3) is 3.33. The summed E-state index contributed by atoms with van der Waals surface area (Å²) >= 11 is 9.69. The Morgan fingerprint density at radius 1 is 1.43 bits per heavy atom. The lowest BCUT2D eigenvalue weighted by atomic mass is 10.3. The first-order valence-electron chi connectivity index (χ1n) is 6.65. The van der Waals surface area contributed by atoms with Crippen molar-refractivity contribution in [3.05, 3.63) is 39.1 Å². The van der Waals surface area contributed by atoms with Crippen molar-refractivity contribution in [2.45, 2.75) is 37.5 Å². The first-order valence-corrected chi connectivity index (χ1v) is 9.14. The Bertz CT molecular complexity index is 667. The highest BCUT2D eigenvalue weighted by atomic mass is 79.9. The monoisotopic (exact) mass is 389 g/mol. The number of nitrogens with zero attached hydrogens (tertiary/aromatic N) is 2. The van der Waals surface area contributed by atoms with E-state index in [1.165, 1.54) is 0 Å². The second-order valence-corrected chi connectivity index (χ2v) is 7.11. The summed E-state index contributed by atoms with van der Waals surface area (Å²) in [6, 6.07) is 5.16. The molecule has 0 fully saturated rings. The van der Waals surface area contributed by atoms with Crippen molar-refractivity contribution in [2.75, 3.05) is 5.73 Å². The zero-order chi connectivity index (χ0) is 15.6. The molecule has 0 radical (unpaired) electrons. The molecule has 0 spiro atoms. The van der Waals surface area contributed by atoms with Gasteiger partial charge < -0.3 is 5.73 Å². The molecule has 1 aromatic carbocycles. The first kappa shape index (κ1) is 16.5. The summed E-state index contributed by atoms with van der Waals surface area (Å²) in [5.74, 6) is 0.329. The van der Waals surface area contributed by atoms with Crippen LogP contribution in [-0.2, 0) is 29.5 Å². The van der Waals surface area contributed by atoms with Gasteiger partial charge in [-0.15, -0.1) is 0 Å². The molecular weight excluding hydrogens is 374 g/mol. The van der Waals surface area contributed by atoms with Gasteiger partial charge in [-0.05, 0) is 41.4 Å². The summed E-state index contributed by atoms with van der Waals surface area (Å²) in [5, 5.41) is 4.94. The van der Waals surface area contributed by atoms with E-state index in [1.807, 2.05) is 18.5 Å². The predicted octanol–water partition coefficient (Wildman–Crippen LogP) is 3.77. The Labute approximate surface area is 140 Å². The minimum atomic E-state index is -1.32. The topological polar surface area (TPSA) is 60.9 Å². The molecule has 1 heterocycles. The van der Waals surface area contributed by atoms with Crippen molar-refractivity contribution < 1.29 is 4.21 Å². The molecule has 2 rings (SSSR count). The zero-order valence-electron chi connectivity index (χ0n) is 11.9. The van der Waals surface area contributed by atoms with Crippen LogP contribution in [-0.4, -0.2) is 14.0 Å². The minimum Gasteiger partial charge on any atom is -0.398 e. The van der Waals surface area contributed by atoms with E-state index in [0.717, 1.165) is 28.8 Å². The molecule has 114 valence electrons. The van der Waals surface area contributed by atoms with Gasteiger partial charge >= 0.3 is 0 Å². The molecule has 0 saturated carbocycles. The fourth-order valence-corrected chi connectivity index (χ4v) is 4.75. The Hall–Kier alpha value is -0.850. The van der Waals surface area contributed by atoms with E-state index in [4.69, 9.17) is 17.3 Å². The number of benzene rings is 1. The van der Waals surface area contributed by atoms with Crippen LogP contribution in [0.15, 0.2) is 27.6 Å². The van der Waals surface area contributed by atoms with Crippen LogP contribution in [0.3, 0.4) is 0 Å². The number of aryl methyl sites for hydroxylation is 2. The normalized spacial score (nSPS) is 12.6. The molecule has 21 heavy (non-hydrogen) atoms. The molecular formula is C14H17BrClN3OS. The Morgan fingerprint density at radius 2 is 2.14 bits per heavy atom. The van der Waals surface area contributed by atoms with Gasteiger partial charge in [0, 0.05) is 12.2 Å². The lowest BCUT2D eigenvalue weighted by Gasteiger charge is -2.09. The van der Waals surface area contributed by atoms with E-state index in [-0.39, 0.29) is 0 Å². The third-order valence-electron chi connectivity index (χ3n) is 3.19. The fourth-order valence-electron chi connectivity index (χ4n) is 2.12. The van der Waals surface area contributed by atoms with Crippen molar-refractivity contribution >= 4 is 44.0 Å². The van der Waals surface area contributed by atoms with Crippen LogP contribution < -0.4 is 5.73 Å². The number of hydrogen-bond acceptors (Lipinski definition) is 3. The standard InChI is InChI=1S/C14H17BrClN3OS/c1-3-11-13(15)12(19(4-2)18-11)8-21(20)14-9(16)6-5-7-10(14)17/h5-7H,3-4,8,17H2,1-2H3. The third-order valence-corrected chi connectivity index (χ3v) is 5.98. The van der Waals surface area contributed by atoms with Crippen LogP contribution in [0.1, 0.15) is 25.2 Å². The van der Waals surface area contributed by atoms with E-state index in [1.54, 1.807) is 18.2 Å². The number of anilines is 1. The highest BCUT2D eigenvalue weighted by Crippen LogP contribution is 2.30. The Balaban J connectivity index is 2.38. The summed E-state index contributed by atoms with van der Waals surface area (Å²) in [6.45, 7) is 4.78. The van der Waals surface area contributed by atoms with Gasteiger partial charge in [0.25, 0.3) is 0 Å². The molecule has 7 heteroatoms. The van der Waals surface area contributed by atoms with Crippen molar-refractivity contribution in [2.24, 2.45) is 0 Å². The molecule has 1 aromatic heterocycles. The van der Waals surface area contributed by atoms with Gasteiger partial charge in [-0.3, -0.25) is 8.89 Å². The van der Waals surface area contributed by atoms with Crippen LogP contribution >= 0.6 is 27.5 Å². The van der Waals surface area contributed by atoms with Crippen molar-refractivity contribution in [3.63, 3.8) is 0 Å². The highest BCUT2D eigenvalue weighted by Gasteiger charge is 2.19. The van der Waals surface area contributed by atoms with Gasteiger partial charge in [0.05, 0.1) is 42.3 Å². The van der Waals surface area contributed by atoms with E-state index in [2.05, 4.69) is 21.0 Å². The van der Waals surface area contributed by atoms with E-state index >= 15 is 0 Å². The van der Waals surface area contributed by atoms with E-state index in [9.17, 15) is 4.21 Å². The van der Waals surface area contributed by atoms with Gasteiger partial charge in [-0.25, -0.2) is 0 Å². The van der Waals surface area contributed by atoms with E-state index in [0.29, 0.717) is 21.4 Å². The van der Waals surface area contributed by atoms with Gasteiger partial charge in [0.15, 0.2) is 0 Å². The summed E-state index contributed by atoms with van der Waals surface area (Å²) in [4.78, 5) is 0.493. The summed E-state index contributed by atoms with van der Waals surface area (Å²) < 4.78 is 15.4. The van der Waals surface area contributed by atoms with Crippen molar-refractivity contribution in [1.82, 2.24) is 9.78 Å². The maximum Gasteiger partial charge on any atom is 0.0807 e. The SMILES string of the molecule is CCc1nn(CC)c(CS(=O)c2c(N)cccc2Cl)c1Br. The summed E-state index contributed by atoms with van der Waals surface area (Å²) in [5.41, 5.74) is 8.24. The quantitative estimate of drug-likeness (QED) is 0.790. The molecule has 4 nitrogen and oxygen atoms in total. The lowest BCUT2D eigenvalue weighted by Crippen LogP contribution is -2.08. The van der Waals surface area contributed by atoms with E-state index < -0.39 is 10.8 Å². The second kappa shape index (κ2) is 6.94. The first-order chi connectivity index (χ1) is 9.99. The molecule has 1 atom stereocenters. The molecule has 2 aromatic rings. The smallest absolute Gasteiger partial charge is 0.0807 e. The van der Waals surface area contributed by atoms with Crippen LogP contribution in [0.5, 0.6) is 0 Å². The number of nitrogens with two attached hydrogens (primary N) is 1. The molecule has 0 aliphatic rings. The average molecular weight is 391 g/mol. The number of halogens is 2. The van der Waals surface area contributed by atoms with Gasteiger partial charge in [-0.2, -0.15) is 5.10 Å². The van der Waals surface area contributed by atoms with Crippen LogP contribution in [0.4, 0.5) is 5.69 Å². The van der Waals surface area contributed by atoms with Gasteiger partial charge in [-0.1, -0.05) is 24.6 Å². The number of rotatable bonds is 5. The van der Waals surface area contributed by atoms with Crippen molar-refractivity contribution in [1.29, 1.82) is 0 Å². The fraction of sp³-hybridized carbons (Fsp3) is 0.357. The second-order valence-electron chi connectivity index (χ2n) is 4.52. The molecule has 0 aliphatic carbocycles. The largest absolute Gasteiger partial charge is 0.398 e. The lowest BCUT2D eigenvalue weighted by molar-refractivity contribution is 0.623. The maximum atomic E-state index is 12.7. The molecule has 2 N–H and O–H groups in total. The summed E-state index contributed by atoms with van der Waals surface area (Å²) in [6.07, 6.45) is 0.821. The molecule has 1 unspecified atom stereocenters. The number of nitrogen functional groups attached to an aromatic ring is 1. The minimum absolute atomic E-state index is 0.329. The molecule has 0 saturated heterocycles. The average Bonchev–Trinajstić information content (AvgIpc) is 2.75. The van der Waals surface area contributed by atoms with Crippen LogP contribution in [0.2, 0.25) is 5.02 Å². The molecule has 0 aliphatic heterocycles. The molecule has 0 amide bonds. The predicted molar refractivity (Wildman–Crippen MR) is 91.0 cm³/mol. The van der Waals surface area contributed by atoms with Crippen LogP contribution in [0.25, 0.3) is 0 Å². The Kier molecular flexibility index (Phi) is 5.46. The van der Waals surface area contributed by atoms with Crippen LogP contribution in [0, 0.1) is 0 Å². The maximum absolute atomic E-state index is 12.7. The highest BCUT2D eigenvalue weighted by molar-refractivity contribution is 9.10. The van der Waals surface area contributed by atoms with Gasteiger partial charge in [0.1, 0.15) is 0 Å². The summed E-state index contributed by atoms with van der Waals surface area (Å²) in [7, 11) is -1.32. The number of aromatic nitrogens is 2. The number of hydrogen-bond donors (Lipinski definition) is 1. The zero-order valence-corrected chi connectivity index (χ0v) is 15.1. The van der Waals surface area contributed by atoms with Crippen molar-refractivity contribution in [3.8, 4) is 0 Å². The van der Waals surface area contributed by atoms with Gasteiger partial charge in [0.2, 0.25) is 0 Å². The Morgan fingerprint density at radius 3 is 2.71 bits per heavy atom. The molecule has 0 bridgehead atoms.